The van der Waals surface area contributed by atoms with Crippen LogP contribution in [0.1, 0.15) is 35.7 Å². The minimum Gasteiger partial charge on any atom is -0.324 e. The van der Waals surface area contributed by atoms with Crippen molar-refractivity contribution in [3.63, 3.8) is 0 Å². The number of carbonyl (C=O) groups excluding carboxylic acids is 1. The number of likely N-dealkylation sites (tertiary alicyclic amines) is 1. The lowest BCUT2D eigenvalue weighted by Crippen LogP contribution is -2.58. The van der Waals surface area contributed by atoms with Crippen molar-refractivity contribution in [2.75, 3.05) is 24.6 Å². The predicted molar refractivity (Wildman–Crippen MR) is 127 cm³/mol. The van der Waals surface area contributed by atoms with E-state index in [1.54, 1.807) is 30.5 Å². The second kappa shape index (κ2) is 9.01. The molecule has 36 heavy (non-hydrogen) atoms. The van der Waals surface area contributed by atoms with Gasteiger partial charge in [0.05, 0.1) is 17.5 Å². The third-order valence-electron chi connectivity index (χ3n) is 6.44. The van der Waals surface area contributed by atoms with E-state index >= 15 is 0 Å². The Kier molecular flexibility index (Phi) is 5.99. The van der Waals surface area contributed by atoms with Crippen molar-refractivity contribution >= 4 is 11.7 Å². The number of nitrogens with zero attached hydrogens (tertiary/aromatic N) is 5. The van der Waals surface area contributed by atoms with Gasteiger partial charge in [-0.05, 0) is 63.2 Å². The SMILES string of the molecule is Cn1ccc(-c2cc(C(=O)NC3(C)C=C(CN4CCCC4)NN3c3ccn[nH]3)ccc2C(F)(F)F)n1. The van der Waals surface area contributed by atoms with Gasteiger partial charge in [0.2, 0.25) is 0 Å². The number of rotatable bonds is 6. The standard InChI is InChI=1S/C24H27F3N8O/c1-23(14-17(15-34-10-3-4-11-34)31-35(23)21-7-9-28-30-21)29-22(36)16-5-6-19(24(25,26)27)18(13-16)20-8-12-33(2)32-20/h5-9,12-14,31H,3-4,10-11,15H2,1-2H3,(H,28,30)(H,29,36). The summed E-state index contributed by atoms with van der Waals surface area (Å²) in [4.78, 5) is 15.7. The summed E-state index contributed by atoms with van der Waals surface area (Å²) < 4.78 is 42.5. The maximum absolute atomic E-state index is 13.7. The maximum Gasteiger partial charge on any atom is 0.417 e. The number of hydrogen-bond acceptors (Lipinski definition) is 6. The lowest BCUT2D eigenvalue weighted by molar-refractivity contribution is -0.137. The Morgan fingerprint density at radius 3 is 2.61 bits per heavy atom. The number of aromatic amines is 1. The van der Waals surface area contributed by atoms with E-state index in [0.717, 1.165) is 37.7 Å². The Hall–Kier alpha value is -3.80. The number of hydrazine groups is 1. The van der Waals surface area contributed by atoms with Gasteiger partial charge in [-0.2, -0.15) is 23.4 Å². The molecule has 4 heterocycles. The van der Waals surface area contributed by atoms with Gasteiger partial charge < -0.3 is 5.32 Å². The number of hydrogen-bond donors (Lipinski definition) is 3. The van der Waals surface area contributed by atoms with Crippen molar-refractivity contribution in [1.29, 1.82) is 0 Å². The zero-order chi connectivity index (χ0) is 25.5. The van der Waals surface area contributed by atoms with E-state index in [9.17, 15) is 18.0 Å². The molecular formula is C24H27F3N8O. The van der Waals surface area contributed by atoms with Gasteiger partial charge in [-0.1, -0.05) is 0 Å². The second-order valence-electron chi connectivity index (χ2n) is 9.28. The summed E-state index contributed by atoms with van der Waals surface area (Å²) >= 11 is 0. The van der Waals surface area contributed by atoms with Crippen molar-refractivity contribution in [3.8, 4) is 11.3 Å². The summed E-state index contributed by atoms with van der Waals surface area (Å²) in [5, 5.41) is 15.8. The second-order valence-corrected chi connectivity index (χ2v) is 9.28. The molecule has 2 aromatic heterocycles. The molecule has 1 amide bonds. The largest absolute Gasteiger partial charge is 0.417 e. The monoisotopic (exact) mass is 500 g/mol. The predicted octanol–water partition coefficient (Wildman–Crippen LogP) is 3.28. The molecule has 1 saturated heterocycles. The summed E-state index contributed by atoms with van der Waals surface area (Å²) in [7, 11) is 1.62. The molecule has 12 heteroatoms. The Balaban J connectivity index is 1.45. The molecule has 190 valence electrons. The molecule has 1 aromatic carbocycles. The average molecular weight is 501 g/mol. The van der Waals surface area contributed by atoms with Gasteiger partial charge in [-0.15, -0.1) is 0 Å². The van der Waals surface area contributed by atoms with Crippen LogP contribution in [0.25, 0.3) is 11.3 Å². The Morgan fingerprint density at radius 2 is 1.97 bits per heavy atom. The summed E-state index contributed by atoms with van der Waals surface area (Å²) in [6.45, 7) is 4.53. The number of H-pyrrole nitrogens is 1. The van der Waals surface area contributed by atoms with Crippen LogP contribution in [-0.2, 0) is 13.2 Å². The number of nitrogens with one attached hydrogen (secondary N) is 3. The fraction of sp³-hybridized carbons (Fsp3) is 0.375. The van der Waals surface area contributed by atoms with E-state index in [-0.39, 0.29) is 16.8 Å². The summed E-state index contributed by atoms with van der Waals surface area (Å²) in [6, 6.07) is 6.60. The molecule has 0 aliphatic carbocycles. The van der Waals surface area contributed by atoms with Crippen molar-refractivity contribution in [3.05, 3.63) is 65.6 Å². The third-order valence-corrected chi connectivity index (χ3v) is 6.44. The Morgan fingerprint density at radius 1 is 1.19 bits per heavy atom. The van der Waals surface area contributed by atoms with Crippen LogP contribution in [0.2, 0.25) is 0 Å². The minimum atomic E-state index is -4.59. The molecule has 0 saturated carbocycles. The Bertz CT molecular complexity index is 1280. The lowest BCUT2D eigenvalue weighted by atomic mass is 10.00. The van der Waals surface area contributed by atoms with Crippen LogP contribution in [0.15, 0.2) is 54.5 Å². The zero-order valence-corrected chi connectivity index (χ0v) is 19.9. The highest BCUT2D eigenvalue weighted by atomic mass is 19.4. The molecule has 2 aliphatic rings. The van der Waals surface area contributed by atoms with Crippen LogP contribution in [-0.4, -0.2) is 56.1 Å². The fourth-order valence-corrected chi connectivity index (χ4v) is 4.74. The Labute approximate surface area is 205 Å². The van der Waals surface area contributed by atoms with E-state index in [1.165, 1.54) is 22.9 Å². The maximum atomic E-state index is 13.7. The average Bonchev–Trinajstić information content (AvgIpc) is 3.61. The quantitative estimate of drug-likeness (QED) is 0.481. The number of aryl methyl sites for hydroxylation is 1. The molecule has 1 fully saturated rings. The van der Waals surface area contributed by atoms with E-state index in [4.69, 9.17) is 0 Å². The smallest absolute Gasteiger partial charge is 0.324 e. The van der Waals surface area contributed by atoms with Crippen LogP contribution in [0.5, 0.6) is 0 Å². The van der Waals surface area contributed by atoms with Crippen LogP contribution in [0, 0.1) is 0 Å². The van der Waals surface area contributed by atoms with Gasteiger partial charge in [0.25, 0.3) is 5.91 Å². The molecule has 1 atom stereocenters. The number of benzene rings is 1. The first kappa shape index (κ1) is 23.9. The van der Waals surface area contributed by atoms with E-state index in [2.05, 4.69) is 30.9 Å². The third kappa shape index (κ3) is 4.68. The molecule has 3 aromatic rings. The topological polar surface area (TPSA) is 94.1 Å². The molecule has 0 radical (unpaired) electrons. The van der Waals surface area contributed by atoms with Gasteiger partial charge in [0.1, 0.15) is 5.82 Å². The number of amides is 1. The van der Waals surface area contributed by atoms with Crippen molar-refractivity contribution < 1.29 is 18.0 Å². The first-order valence-corrected chi connectivity index (χ1v) is 11.7. The molecule has 0 spiro atoms. The van der Waals surface area contributed by atoms with E-state index in [0.29, 0.717) is 12.4 Å². The van der Waals surface area contributed by atoms with Crippen LogP contribution < -0.4 is 15.8 Å². The van der Waals surface area contributed by atoms with Crippen molar-refractivity contribution in [2.24, 2.45) is 7.05 Å². The molecule has 3 N–H and O–H groups in total. The van der Waals surface area contributed by atoms with Gasteiger partial charge >= 0.3 is 6.18 Å². The zero-order valence-electron chi connectivity index (χ0n) is 19.9. The normalized spacial score (nSPS) is 20.5. The summed E-state index contributed by atoms with van der Waals surface area (Å²) in [5.74, 6) is 0.112. The molecule has 5 rings (SSSR count). The molecular weight excluding hydrogens is 473 g/mol. The van der Waals surface area contributed by atoms with Crippen molar-refractivity contribution in [1.82, 2.24) is 35.6 Å². The molecule has 9 nitrogen and oxygen atoms in total. The first-order chi connectivity index (χ1) is 17.1. The van der Waals surface area contributed by atoms with E-state index < -0.39 is 23.3 Å². The highest BCUT2D eigenvalue weighted by Gasteiger charge is 2.40. The van der Waals surface area contributed by atoms with E-state index in [1.807, 2.05) is 13.0 Å². The number of carbonyl (C=O) groups is 1. The first-order valence-electron chi connectivity index (χ1n) is 11.7. The molecule has 2 aliphatic heterocycles. The van der Waals surface area contributed by atoms with Gasteiger partial charge in [0, 0.05) is 42.7 Å². The highest BCUT2D eigenvalue weighted by Crippen LogP contribution is 2.37. The minimum absolute atomic E-state index is 0.0934. The van der Waals surface area contributed by atoms with Gasteiger partial charge in [0.15, 0.2) is 5.66 Å². The van der Waals surface area contributed by atoms with Gasteiger partial charge in [-0.3, -0.25) is 24.9 Å². The molecule has 1 unspecified atom stereocenters. The highest BCUT2D eigenvalue weighted by molar-refractivity contribution is 5.96. The van der Waals surface area contributed by atoms with Crippen LogP contribution >= 0.6 is 0 Å². The number of aromatic nitrogens is 4. The summed E-state index contributed by atoms with van der Waals surface area (Å²) in [5.41, 5.74) is 2.48. The molecule has 0 bridgehead atoms. The van der Waals surface area contributed by atoms with Crippen molar-refractivity contribution in [2.45, 2.75) is 31.6 Å². The van der Waals surface area contributed by atoms with Gasteiger partial charge in [-0.25, -0.2) is 5.01 Å². The van der Waals surface area contributed by atoms with Crippen LogP contribution in [0.3, 0.4) is 0 Å². The lowest BCUT2D eigenvalue weighted by Gasteiger charge is -2.35. The fourth-order valence-electron chi connectivity index (χ4n) is 4.74. The van der Waals surface area contributed by atoms with Crippen LogP contribution in [0.4, 0.5) is 19.0 Å². The number of halogens is 3. The number of anilines is 1. The number of alkyl halides is 3. The summed E-state index contributed by atoms with van der Waals surface area (Å²) in [6.07, 6.45) is 2.80.